The molecule has 0 amide bonds. The Kier molecular flexibility index (Phi) is 6.80. The number of hydrogen-bond acceptors (Lipinski definition) is 4. The van der Waals surface area contributed by atoms with Crippen molar-refractivity contribution in [3.63, 3.8) is 0 Å². The van der Waals surface area contributed by atoms with Crippen LogP contribution < -0.4 is 10.0 Å². The fourth-order valence-electron chi connectivity index (χ4n) is 2.22. The van der Waals surface area contributed by atoms with Gasteiger partial charge >= 0.3 is 0 Å². The first-order valence-electron chi connectivity index (χ1n) is 7.05. The van der Waals surface area contributed by atoms with Gasteiger partial charge in [-0.1, -0.05) is 13.0 Å². The van der Waals surface area contributed by atoms with Crippen molar-refractivity contribution in [2.75, 3.05) is 27.3 Å². The van der Waals surface area contributed by atoms with Gasteiger partial charge in [-0.15, -0.1) is 0 Å². The van der Waals surface area contributed by atoms with Gasteiger partial charge in [0.05, 0.1) is 4.90 Å². The quantitative estimate of drug-likeness (QED) is 0.764. The second kappa shape index (κ2) is 7.89. The lowest BCUT2D eigenvalue weighted by molar-refractivity contribution is 0.161. The highest BCUT2D eigenvalue weighted by molar-refractivity contribution is 7.89. The van der Waals surface area contributed by atoms with Gasteiger partial charge in [0.15, 0.2) is 0 Å². The Morgan fingerprint density at radius 3 is 2.48 bits per heavy atom. The summed E-state index contributed by atoms with van der Waals surface area (Å²) in [5.41, 5.74) is 2.85. The molecule has 0 fully saturated rings. The molecule has 1 aromatic rings. The Labute approximate surface area is 128 Å². The normalized spacial score (nSPS) is 13.4. The molecule has 2 N–H and O–H groups in total. The van der Waals surface area contributed by atoms with Crippen LogP contribution in [-0.4, -0.2) is 35.7 Å². The van der Waals surface area contributed by atoms with E-state index in [0.29, 0.717) is 24.6 Å². The van der Waals surface area contributed by atoms with Gasteiger partial charge in [-0.25, -0.2) is 13.1 Å². The largest absolute Gasteiger partial charge is 0.384 e. The maximum atomic E-state index is 12.5. The topological polar surface area (TPSA) is 67.4 Å². The summed E-state index contributed by atoms with van der Waals surface area (Å²) in [6, 6.07) is 3.67. The number of methoxy groups -OCH3 is 1. The first kappa shape index (κ1) is 18.1. The first-order valence-corrected chi connectivity index (χ1v) is 8.53. The van der Waals surface area contributed by atoms with Gasteiger partial charge in [0.25, 0.3) is 0 Å². The van der Waals surface area contributed by atoms with Crippen LogP contribution in [-0.2, 0) is 21.3 Å². The van der Waals surface area contributed by atoms with Crippen LogP contribution in [0.25, 0.3) is 0 Å². The van der Waals surface area contributed by atoms with Gasteiger partial charge in [-0.2, -0.15) is 0 Å². The average molecular weight is 314 g/mol. The molecule has 6 heteroatoms. The SMILES string of the molecule is CNCc1cc(S(=O)(=O)NCC(C)COC)c(C)cc1C. The van der Waals surface area contributed by atoms with Crippen LogP contribution in [0.3, 0.4) is 0 Å². The summed E-state index contributed by atoms with van der Waals surface area (Å²) in [7, 11) is -0.0396. The summed E-state index contributed by atoms with van der Waals surface area (Å²) in [6.45, 7) is 7.30. The zero-order valence-electron chi connectivity index (χ0n) is 13.5. The van der Waals surface area contributed by atoms with Crippen LogP contribution >= 0.6 is 0 Å². The first-order chi connectivity index (χ1) is 9.81. The van der Waals surface area contributed by atoms with E-state index in [1.165, 1.54) is 0 Å². The van der Waals surface area contributed by atoms with Crippen LogP contribution in [0.15, 0.2) is 17.0 Å². The maximum Gasteiger partial charge on any atom is 0.240 e. The van der Waals surface area contributed by atoms with Gasteiger partial charge in [0, 0.05) is 26.8 Å². The summed E-state index contributed by atoms with van der Waals surface area (Å²) in [5.74, 6) is 0.132. The summed E-state index contributed by atoms with van der Waals surface area (Å²) >= 11 is 0. The third-order valence-electron chi connectivity index (χ3n) is 3.36. The third-order valence-corrected chi connectivity index (χ3v) is 4.93. The fourth-order valence-corrected chi connectivity index (χ4v) is 3.66. The van der Waals surface area contributed by atoms with Crippen molar-refractivity contribution in [2.45, 2.75) is 32.2 Å². The summed E-state index contributed by atoms with van der Waals surface area (Å²) in [6.07, 6.45) is 0. The monoisotopic (exact) mass is 314 g/mol. The highest BCUT2D eigenvalue weighted by Gasteiger charge is 2.19. The van der Waals surface area contributed by atoms with Crippen molar-refractivity contribution in [3.8, 4) is 0 Å². The van der Waals surface area contributed by atoms with Crippen LogP contribution in [0, 0.1) is 19.8 Å². The Morgan fingerprint density at radius 1 is 1.24 bits per heavy atom. The third kappa shape index (κ3) is 5.07. The summed E-state index contributed by atoms with van der Waals surface area (Å²) in [5, 5.41) is 3.06. The zero-order valence-corrected chi connectivity index (χ0v) is 14.3. The van der Waals surface area contributed by atoms with Crippen molar-refractivity contribution < 1.29 is 13.2 Å². The lowest BCUT2D eigenvalue weighted by Gasteiger charge is -2.15. The van der Waals surface area contributed by atoms with Crippen molar-refractivity contribution in [2.24, 2.45) is 5.92 Å². The number of ether oxygens (including phenoxy) is 1. The molecule has 21 heavy (non-hydrogen) atoms. The number of hydrogen-bond donors (Lipinski definition) is 2. The van der Waals surface area contributed by atoms with Gasteiger partial charge in [0.1, 0.15) is 0 Å². The maximum absolute atomic E-state index is 12.5. The molecule has 1 rings (SSSR count). The van der Waals surface area contributed by atoms with Gasteiger partial charge in [-0.3, -0.25) is 0 Å². The molecule has 5 nitrogen and oxygen atoms in total. The van der Waals surface area contributed by atoms with E-state index in [1.807, 2.05) is 33.9 Å². The smallest absolute Gasteiger partial charge is 0.240 e. The molecule has 1 atom stereocenters. The Hall–Kier alpha value is -0.950. The van der Waals surface area contributed by atoms with Crippen LogP contribution in [0.2, 0.25) is 0 Å². The molecule has 0 aliphatic heterocycles. The molecule has 0 heterocycles. The predicted molar refractivity (Wildman–Crippen MR) is 84.9 cm³/mol. The standard InChI is InChI=1S/C15H26N2O3S/c1-11(10-20-5)8-17-21(18,19)15-7-14(9-16-4)12(2)6-13(15)3/h6-7,11,16-17H,8-10H2,1-5H3. The zero-order chi connectivity index (χ0) is 16.0. The Balaban J connectivity index is 2.99. The van der Waals surface area contributed by atoms with Crippen LogP contribution in [0.1, 0.15) is 23.6 Å². The fraction of sp³-hybridized carbons (Fsp3) is 0.600. The van der Waals surface area contributed by atoms with Gasteiger partial charge in [-0.05, 0) is 49.6 Å². The highest BCUT2D eigenvalue weighted by Crippen LogP contribution is 2.20. The van der Waals surface area contributed by atoms with E-state index in [0.717, 1.165) is 16.7 Å². The molecule has 0 saturated heterocycles. The van der Waals surface area contributed by atoms with Crippen LogP contribution in [0.5, 0.6) is 0 Å². The molecule has 0 radical (unpaired) electrons. The number of aryl methyl sites for hydroxylation is 2. The molecule has 0 aromatic heterocycles. The molecule has 120 valence electrons. The second-order valence-electron chi connectivity index (χ2n) is 5.49. The highest BCUT2D eigenvalue weighted by atomic mass is 32.2. The number of benzene rings is 1. The van der Waals surface area contributed by atoms with E-state index < -0.39 is 10.0 Å². The molecule has 0 spiro atoms. The molecule has 1 unspecified atom stereocenters. The number of sulfonamides is 1. The van der Waals surface area contributed by atoms with Crippen molar-refractivity contribution in [3.05, 3.63) is 28.8 Å². The Bertz CT molecular complexity index is 571. The number of nitrogens with one attached hydrogen (secondary N) is 2. The van der Waals surface area contributed by atoms with E-state index in [4.69, 9.17) is 4.74 Å². The van der Waals surface area contributed by atoms with Gasteiger partial charge < -0.3 is 10.1 Å². The summed E-state index contributed by atoms with van der Waals surface area (Å²) < 4.78 is 32.6. The minimum absolute atomic E-state index is 0.132. The van der Waals surface area contributed by atoms with Crippen molar-refractivity contribution >= 4 is 10.0 Å². The average Bonchev–Trinajstić information content (AvgIpc) is 2.40. The molecule has 1 aromatic carbocycles. The van der Waals surface area contributed by atoms with Crippen molar-refractivity contribution in [1.29, 1.82) is 0 Å². The molecular formula is C15H26N2O3S. The number of rotatable bonds is 8. The van der Waals surface area contributed by atoms with Crippen LogP contribution in [0.4, 0.5) is 0 Å². The summed E-state index contributed by atoms with van der Waals surface area (Å²) in [4.78, 5) is 0.350. The minimum atomic E-state index is -3.50. The van der Waals surface area contributed by atoms with Gasteiger partial charge in [0.2, 0.25) is 10.0 Å². The van der Waals surface area contributed by atoms with E-state index >= 15 is 0 Å². The van der Waals surface area contributed by atoms with E-state index in [1.54, 1.807) is 13.2 Å². The van der Waals surface area contributed by atoms with E-state index in [9.17, 15) is 8.42 Å². The second-order valence-corrected chi connectivity index (χ2v) is 7.22. The lowest BCUT2D eigenvalue weighted by atomic mass is 10.1. The van der Waals surface area contributed by atoms with E-state index in [-0.39, 0.29) is 5.92 Å². The minimum Gasteiger partial charge on any atom is -0.384 e. The van der Waals surface area contributed by atoms with Crippen molar-refractivity contribution in [1.82, 2.24) is 10.0 Å². The molecule has 0 bridgehead atoms. The Morgan fingerprint density at radius 2 is 1.90 bits per heavy atom. The molecule has 0 aliphatic rings. The molecule has 0 saturated carbocycles. The molecular weight excluding hydrogens is 288 g/mol. The molecule has 0 aliphatic carbocycles. The predicted octanol–water partition coefficient (Wildman–Crippen LogP) is 1.58. The van der Waals surface area contributed by atoms with E-state index in [2.05, 4.69) is 10.0 Å². The lowest BCUT2D eigenvalue weighted by Crippen LogP contribution is -2.30.